The van der Waals surface area contributed by atoms with E-state index in [9.17, 15) is 19.2 Å². The Labute approximate surface area is 280 Å². The van der Waals surface area contributed by atoms with Crippen molar-refractivity contribution in [2.45, 2.75) is 50.3 Å². The third-order valence-electron chi connectivity index (χ3n) is 7.66. The number of alkyl carbamates (subject to hydrolysis) is 1. The number of hydrogen-bond acceptors (Lipinski definition) is 9. The molecule has 2 atom stereocenters. The molecule has 6 rings (SSSR count). The summed E-state index contributed by atoms with van der Waals surface area (Å²) in [7, 11) is 0. The fraction of sp³-hybridized carbons (Fsp3) is 0.294. The number of β-lactam (4-membered cyclic amide) rings is 1. The quantitative estimate of drug-likeness (QED) is 0.205. The lowest BCUT2D eigenvalue weighted by molar-refractivity contribution is -0.153. The Morgan fingerprint density at radius 2 is 1.66 bits per heavy atom. The van der Waals surface area contributed by atoms with Gasteiger partial charge in [-0.25, -0.2) is 9.59 Å². The van der Waals surface area contributed by atoms with Crippen molar-refractivity contribution in [3.8, 4) is 0 Å². The van der Waals surface area contributed by atoms with Crippen LogP contribution in [0.3, 0.4) is 0 Å². The molecule has 0 spiro atoms. The maximum absolute atomic E-state index is 14.2. The van der Waals surface area contributed by atoms with Crippen molar-refractivity contribution < 1.29 is 28.7 Å². The van der Waals surface area contributed by atoms with Gasteiger partial charge < -0.3 is 14.8 Å². The SMILES string of the molecule is CC(C)(C)OC(=O)N[C@@H]1C(=O)N2C(C(=O)OC(c3ccccc3)c3ccccc3)=C(/C=C3\CCN(c4ccc(Cl)nn4)C3=O)CS[C@H]12. The molecule has 0 aliphatic carbocycles. The highest BCUT2D eigenvalue weighted by Gasteiger charge is 2.55. The highest BCUT2D eigenvalue weighted by molar-refractivity contribution is 8.00. The van der Waals surface area contributed by atoms with Gasteiger partial charge in [0.25, 0.3) is 11.8 Å². The first-order valence-corrected chi connectivity index (χ1v) is 16.4. The molecule has 3 aromatic rings. The van der Waals surface area contributed by atoms with Gasteiger partial charge in [-0.2, -0.15) is 0 Å². The Kier molecular flexibility index (Phi) is 9.07. The van der Waals surface area contributed by atoms with Gasteiger partial charge in [0.15, 0.2) is 17.1 Å². The average molecular weight is 674 g/mol. The van der Waals surface area contributed by atoms with Gasteiger partial charge >= 0.3 is 12.1 Å². The van der Waals surface area contributed by atoms with Crippen molar-refractivity contribution in [2.24, 2.45) is 0 Å². The number of nitrogens with zero attached hydrogens (tertiary/aromatic N) is 4. The molecule has 3 aliphatic heterocycles. The molecular weight excluding hydrogens is 642 g/mol. The number of allylic oxidation sites excluding steroid dienone is 1. The van der Waals surface area contributed by atoms with Crippen molar-refractivity contribution >= 4 is 53.1 Å². The molecular formula is C34H32ClN5O6S. The number of aromatic nitrogens is 2. The second-order valence-electron chi connectivity index (χ2n) is 12.1. The lowest BCUT2D eigenvalue weighted by Gasteiger charge is -2.49. The number of ether oxygens (including phenoxy) is 2. The number of fused-ring (bicyclic) bond motifs is 1. The van der Waals surface area contributed by atoms with Gasteiger partial charge in [0.05, 0.1) is 0 Å². The van der Waals surface area contributed by atoms with Crippen molar-refractivity contribution in [3.05, 3.63) is 112 Å². The minimum absolute atomic E-state index is 0.0304. The number of thioether (sulfide) groups is 1. The summed E-state index contributed by atoms with van der Waals surface area (Å²) in [4.78, 5) is 56.7. The number of amides is 3. The molecule has 0 unspecified atom stereocenters. The Bertz CT molecular complexity index is 1720. The summed E-state index contributed by atoms with van der Waals surface area (Å²) in [5.74, 6) is -0.862. The van der Waals surface area contributed by atoms with Crippen molar-refractivity contribution in [3.63, 3.8) is 0 Å². The number of anilines is 1. The van der Waals surface area contributed by atoms with Crippen LogP contribution in [-0.4, -0.2) is 68.3 Å². The molecule has 1 N–H and O–H groups in total. The molecule has 2 aromatic carbocycles. The molecule has 0 radical (unpaired) electrons. The van der Waals surface area contributed by atoms with E-state index in [0.717, 1.165) is 11.1 Å². The van der Waals surface area contributed by atoms with Crippen LogP contribution < -0.4 is 10.2 Å². The monoisotopic (exact) mass is 673 g/mol. The summed E-state index contributed by atoms with van der Waals surface area (Å²) >= 11 is 7.25. The molecule has 242 valence electrons. The number of rotatable bonds is 7. The highest BCUT2D eigenvalue weighted by Crippen LogP contribution is 2.43. The summed E-state index contributed by atoms with van der Waals surface area (Å²) in [6, 6.07) is 20.9. The van der Waals surface area contributed by atoms with E-state index >= 15 is 0 Å². The first kappa shape index (κ1) is 32.3. The second-order valence-corrected chi connectivity index (χ2v) is 13.6. The van der Waals surface area contributed by atoms with Gasteiger partial charge in [-0.3, -0.25) is 19.4 Å². The van der Waals surface area contributed by atoms with E-state index in [0.29, 0.717) is 29.9 Å². The zero-order chi connectivity index (χ0) is 33.3. The number of esters is 1. The van der Waals surface area contributed by atoms with E-state index in [2.05, 4.69) is 15.5 Å². The molecule has 2 fully saturated rings. The lowest BCUT2D eigenvalue weighted by Crippen LogP contribution is -2.70. The largest absolute Gasteiger partial charge is 0.448 e. The lowest BCUT2D eigenvalue weighted by atomic mass is 10.00. The zero-order valence-electron chi connectivity index (χ0n) is 25.9. The van der Waals surface area contributed by atoms with Crippen LogP contribution in [0.2, 0.25) is 5.15 Å². The second kappa shape index (κ2) is 13.2. The van der Waals surface area contributed by atoms with Crippen molar-refractivity contribution in [2.75, 3.05) is 17.2 Å². The van der Waals surface area contributed by atoms with Crippen LogP contribution in [-0.2, 0) is 23.9 Å². The Hall–Kier alpha value is -4.68. The molecule has 13 heteroatoms. The van der Waals surface area contributed by atoms with Crippen LogP contribution >= 0.6 is 23.4 Å². The standard InChI is InChI=1S/C34H32ClN5O6S/c1-34(2,3)46-33(44)36-26-30(42)40-27(32(43)45-28(20-10-6-4-7-11-20)21-12-8-5-9-13-21)23(19-47-31(26)40)18-22-16-17-39(29(22)41)25-15-14-24(35)37-38-25/h4-15,18,26,28,31H,16-17,19H2,1-3H3,(H,36,44)/b22-18+/t26-,31-/m1/s1. The maximum atomic E-state index is 14.2. The van der Waals surface area contributed by atoms with E-state index < -0.39 is 41.1 Å². The summed E-state index contributed by atoms with van der Waals surface area (Å²) < 4.78 is 11.6. The summed E-state index contributed by atoms with van der Waals surface area (Å²) in [5.41, 5.74) is 1.68. The van der Waals surface area contributed by atoms with Gasteiger partial charge in [0.2, 0.25) is 0 Å². The first-order chi connectivity index (χ1) is 22.5. The normalized spacial score (nSPS) is 20.3. The molecule has 4 heterocycles. The maximum Gasteiger partial charge on any atom is 0.408 e. The van der Waals surface area contributed by atoms with Gasteiger partial charge in [0.1, 0.15) is 22.7 Å². The molecule has 1 aromatic heterocycles. The zero-order valence-corrected chi connectivity index (χ0v) is 27.5. The topological polar surface area (TPSA) is 131 Å². The molecule has 3 aliphatic rings. The van der Waals surface area contributed by atoms with Crippen LogP contribution in [0.25, 0.3) is 0 Å². The molecule has 11 nitrogen and oxygen atoms in total. The van der Waals surface area contributed by atoms with Crippen LogP contribution in [0.4, 0.5) is 10.6 Å². The number of halogens is 1. The van der Waals surface area contributed by atoms with Gasteiger partial charge in [-0.05, 0) is 62.1 Å². The number of benzene rings is 2. The van der Waals surface area contributed by atoms with Gasteiger partial charge in [-0.15, -0.1) is 22.0 Å². The predicted molar refractivity (Wildman–Crippen MR) is 176 cm³/mol. The number of carbonyl (C=O) groups is 4. The first-order valence-electron chi connectivity index (χ1n) is 15.0. The van der Waals surface area contributed by atoms with Crippen LogP contribution in [0.5, 0.6) is 0 Å². The molecule has 47 heavy (non-hydrogen) atoms. The molecule has 0 bridgehead atoms. The van der Waals surface area contributed by atoms with Crippen LogP contribution in [0, 0.1) is 0 Å². The van der Waals surface area contributed by atoms with E-state index in [4.69, 9.17) is 21.1 Å². The summed E-state index contributed by atoms with van der Waals surface area (Å²) in [6.07, 6.45) is 0.551. The summed E-state index contributed by atoms with van der Waals surface area (Å²) in [5, 5.41) is 10.1. The smallest absolute Gasteiger partial charge is 0.408 e. The van der Waals surface area contributed by atoms with Crippen LogP contribution in [0.1, 0.15) is 44.4 Å². The van der Waals surface area contributed by atoms with E-state index in [1.54, 1.807) is 39.0 Å². The van der Waals surface area contributed by atoms with E-state index in [-0.39, 0.29) is 22.5 Å². The Balaban J connectivity index is 1.34. The number of carbonyl (C=O) groups excluding carboxylic acids is 4. The minimum Gasteiger partial charge on any atom is -0.448 e. The van der Waals surface area contributed by atoms with Gasteiger partial charge in [0, 0.05) is 17.9 Å². The third kappa shape index (κ3) is 6.89. The van der Waals surface area contributed by atoms with E-state index in [1.165, 1.54) is 21.6 Å². The predicted octanol–water partition coefficient (Wildman–Crippen LogP) is 5.19. The fourth-order valence-electron chi connectivity index (χ4n) is 5.55. The minimum atomic E-state index is -0.905. The van der Waals surface area contributed by atoms with Crippen LogP contribution in [0.15, 0.2) is 95.7 Å². The highest BCUT2D eigenvalue weighted by atomic mass is 35.5. The average Bonchev–Trinajstić information content (AvgIpc) is 3.41. The Morgan fingerprint density at radius 3 is 2.26 bits per heavy atom. The molecule has 2 saturated heterocycles. The molecule has 3 amide bonds. The van der Waals surface area contributed by atoms with Gasteiger partial charge in [-0.1, -0.05) is 72.3 Å². The third-order valence-corrected chi connectivity index (χ3v) is 9.16. The summed E-state index contributed by atoms with van der Waals surface area (Å²) in [6.45, 7) is 5.55. The number of hydrogen-bond donors (Lipinski definition) is 1. The van der Waals surface area contributed by atoms with E-state index in [1.807, 2.05) is 60.7 Å². The number of nitrogens with one attached hydrogen (secondary N) is 1. The fourth-order valence-corrected chi connectivity index (χ4v) is 6.96. The Morgan fingerprint density at radius 1 is 1.00 bits per heavy atom. The van der Waals surface area contributed by atoms with Crippen molar-refractivity contribution in [1.29, 1.82) is 0 Å². The molecule has 0 saturated carbocycles. The van der Waals surface area contributed by atoms with Crippen molar-refractivity contribution in [1.82, 2.24) is 20.4 Å².